The van der Waals surface area contributed by atoms with Crippen molar-refractivity contribution < 1.29 is 14.7 Å². The van der Waals surface area contributed by atoms with Crippen molar-refractivity contribution in [3.05, 3.63) is 0 Å². The molecule has 0 radical (unpaired) electrons. The maximum atomic E-state index is 12.1. The summed E-state index contributed by atoms with van der Waals surface area (Å²) in [7, 11) is 0. The molecule has 0 aromatic carbocycles. The quantitative estimate of drug-likeness (QED) is 0.754. The highest BCUT2D eigenvalue weighted by molar-refractivity contribution is 5.76. The Morgan fingerprint density at radius 3 is 2.40 bits per heavy atom. The van der Waals surface area contributed by atoms with Crippen molar-refractivity contribution in [3.8, 4) is 0 Å². The van der Waals surface area contributed by atoms with Gasteiger partial charge in [0.05, 0.1) is 6.42 Å². The molecule has 0 unspecified atom stereocenters. The van der Waals surface area contributed by atoms with Crippen molar-refractivity contribution in [2.45, 2.75) is 63.8 Å². The molecule has 20 heavy (non-hydrogen) atoms. The van der Waals surface area contributed by atoms with E-state index < -0.39 is 5.97 Å². The largest absolute Gasteiger partial charge is 0.481 e. The van der Waals surface area contributed by atoms with Crippen LogP contribution in [-0.2, 0) is 4.79 Å². The third-order valence-corrected chi connectivity index (χ3v) is 4.37. The molecule has 0 bridgehead atoms. The Morgan fingerprint density at radius 1 is 1.10 bits per heavy atom. The number of carboxylic acid groups (broad SMARTS) is 1. The predicted molar refractivity (Wildman–Crippen MR) is 76.6 cm³/mol. The van der Waals surface area contributed by atoms with E-state index in [1.54, 1.807) is 4.90 Å². The van der Waals surface area contributed by atoms with E-state index in [4.69, 9.17) is 5.11 Å². The number of carbonyl (C=O) groups is 2. The van der Waals surface area contributed by atoms with Crippen molar-refractivity contribution >= 4 is 12.0 Å². The number of aliphatic carboxylic acids is 1. The summed E-state index contributed by atoms with van der Waals surface area (Å²) in [6.07, 6.45) is 9.70. The lowest BCUT2D eigenvalue weighted by molar-refractivity contribution is -0.137. The lowest BCUT2D eigenvalue weighted by Crippen LogP contribution is -2.43. The smallest absolute Gasteiger partial charge is 0.317 e. The fourth-order valence-corrected chi connectivity index (χ4v) is 3.01. The molecule has 0 spiro atoms. The molecule has 0 aromatic heterocycles. The van der Waals surface area contributed by atoms with E-state index in [-0.39, 0.29) is 18.5 Å². The highest BCUT2D eigenvalue weighted by Crippen LogP contribution is 2.27. The van der Waals surface area contributed by atoms with Crippen molar-refractivity contribution in [2.75, 3.05) is 13.1 Å². The molecule has 5 heteroatoms. The molecule has 0 saturated heterocycles. The van der Waals surface area contributed by atoms with Gasteiger partial charge < -0.3 is 15.3 Å². The number of hydrogen-bond donors (Lipinski definition) is 2. The SMILES string of the molecule is O=C(O)CCN(C(=O)NCCC1CCCCC1)C1CC1. The number of hydrogen-bond acceptors (Lipinski definition) is 2. The van der Waals surface area contributed by atoms with Gasteiger partial charge in [-0.1, -0.05) is 32.1 Å². The second-order valence-corrected chi connectivity index (χ2v) is 6.09. The number of carboxylic acids is 1. The Bertz CT molecular complexity index is 336. The summed E-state index contributed by atoms with van der Waals surface area (Å²) >= 11 is 0. The molecule has 2 aliphatic rings. The molecule has 2 N–H and O–H groups in total. The molecule has 2 saturated carbocycles. The molecule has 0 aliphatic heterocycles. The summed E-state index contributed by atoms with van der Waals surface area (Å²) in [6.45, 7) is 1.05. The summed E-state index contributed by atoms with van der Waals surface area (Å²) < 4.78 is 0. The van der Waals surface area contributed by atoms with E-state index in [9.17, 15) is 9.59 Å². The lowest BCUT2D eigenvalue weighted by Gasteiger charge is -2.24. The zero-order valence-corrected chi connectivity index (χ0v) is 12.1. The number of nitrogens with one attached hydrogen (secondary N) is 1. The first-order valence-corrected chi connectivity index (χ1v) is 7.93. The first-order chi connectivity index (χ1) is 9.66. The van der Waals surface area contributed by atoms with Crippen LogP contribution in [0, 0.1) is 5.92 Å². The number of carbonyl (C=O) groups excluding carboxylic acids is 1. The fraction of sp³-hybridized carbons (Fsp3) is 0.867. The molecule has 0 aromatic rings. The summed E-state index contributed by atoms with van der Waals surface area (Å²) in [4.78, 5) is 24.4. The molecule has 2 fully saturated rings. The maximum Gasteiger partial charge on any atom is 0.317 e. The van der Waals surface area contributed by atoms with E-state index in [0.29, 0.717) is 6.54 Å². The minimum Gasteiger partial charge on any atom is -0.481 e. The summed E-state index contributed by atoms with van der Waals surface area (Å²) in [5, 5.41) is 11.7. The minimum absolute atomic E-state index is 0.0343. The van der Waals surface area contributed by atoms with Crippen LogP contribution < -0.4 is 5.32 Å². The van der Waals surface area contributed by atoms with E-state index in [1.165, 1.54) is 32.1 Å². The number of amides is 2. The van der Waals surface area contributed by atoms with Crippen molar-refractivity contribution in [1.29, 1.82) is 0 Å². The van der Waals surface area contributed by atoms with Gasteiger partial charge in [0, 0.05) is 19.1 Å². The van der Waals surface area contributed by atoms with Gasteiger partial charge in [-0.25, -0.2) is 4.79 Å². The lowest BCUT2D eigenvalue weighted by atomic mass is 9.87. The first-order valence-electron chi connectivity index (χ1n) is 7.93. The molecule has 0 atom stereocenters. The fourth-order valence-electron chi connectivity index (χ4n) is 3.01. The second kappa shape index (κ2) is 7.50. The average Bonchev–Trinajstić information content (AvgIpc) is 3.24. The highest BCUT2D eigenvalue weighted by atomic mass is 16.4. The monoisotopic (exact) mass is 282 g/mol. The van der Waals surface area contributed by atoms with Crippen LogP contribution in [0.25, 0.3) is 0 Å². The second-order valence-electron chi connectivity index (χ2n) is 6.09. The van der Waals surface area contributed by atoms with Gasteiger partial charge in [0.15, 0.2) is 0 Å². The third kappa shape index (κ3) is 5.02. The van der Waals surface area contributed by atoms with Crippen molar-refractivity contribution in [2.24, 2.45) is 5.92 Å². The van der Waals surface area contributed by atoms with E-state index in [1.807, 2.05) is 0 Å². The average molecular weight is 282 g/mol. The summed E-state index contributed by atoms with van der Waals surface area (Å²) in [5.74, 6) is -0.0805. The van der Waals surface area contributed by atoms with Crippen LogP contribution in [0.3, 0.4) is 0 Å². The van der Waals surface area contributed by atoms with Crippen LogP contribution in [0.2, 0.25) is 0 Å². The van der Waals surface area contributed by atoms with Crippen LogP contribution in [0.4, 0.5) is 4.79 Å². The van der Waals surface area contributed by atoms with E-state index in [2.05, 4.69) is 5.32 Å². The zero-order chi connectivity index (χ0) is 14.4. The van der Waals surface area contributed by atoms with Gasteiger partial charge in [0.1, 0.15) is 0 Å². The van der Waals surface area contributed by atoms with Gasteiger partial charge in [0.25, 0.3) is 0 Å². The predicted octanol–water partition coefficient (Wildman–Crippen LogP) is 2.61. The maximum absolute atomic E-state index is 12.1. The molecule has 0 heterocycles. The van der Waals surface area contributed by atoms with Crippen LogP contribution in [0.1, 0.15) is 57.8 Å². The van der Waals surface area contributed by atoms with Gasteiger partial charge >= 0.3 is 12.0 Å². The van der Waals surface area contributed by atoms with Crippen LogP contribution >= 0.6 is 0 Å². The standard InChI is InChI=1S/C15H26N2O3/c18-14(19)9-11-17(13-6-7-13)15(20)16-10-8-12-4-2-1-3-5-12/h12-13H,1-11H2,(H,16,20)(H,18,19). The third-order valence-electron chi connectivity index (χ3n) is 4.37. The Kier molecular flexibility index (Phi) is 5.68. The minimum atomic E-state index is -0.842. The van der Waals surface area contributed by atoms with Gasteiger partial charge in [-0.15, -0.1) is 0 Å². The Labute approximate surface area is 120 Å². The van der Waals surface area contributed by atoms with Crippen LogP contribution in [-0.4, -0.2) is 41.1 Å². The first kappa shape index (κ1) is 15.1. The van der Waals surface area contributed by atoms with Gasteiger partial charge in [0.2, 0.25) is 0 Å². The summed E-state index contributed by atoms with van der Waals surface area (Å²) in [6, 6.07) is 0.189. The Balaban J connectivity index is 1.66. The molecule has 114 valence electrons. The van der Waals surface area contributed by atoms with Crippen molar-refractivity contribution in [1.82, 2.24) is 10.2 Å². The zero-order valence-electron chi connectivity index (χ0n) is 12.1. The topological polar surface area (TPSA) is 69.6 Å². The Morgan fingerprint density at radius 2 is 1.80 bits per heavy atom. The molecular weight excluding hydrogens is 256 g/mol. The van der Waals surface area contributed by atoms with E-state index in [0.717, 1.165) is 31.7 Å². The number of nitrogens with zero attached hydrogens (tertiary/aromatic N) is 1. The van der Waals surface area contributed by atoms with Gasteiger partial charge in [-0.2, -0.15) is 0 Å². The molecular formula is C15H26N2O3. The molecule has 2 amide bonds. The number of rotatable bonds is 7. The van der Waals surface area contributed by atoms with Crippen molar-refractivity contribution in [3.63, 3.8) is 0 Å². The van der Waals surface area contributed by atoms with Gasteiger partial charge in [-0.3, -0.25) is 4.79 Å². The van der Waals surface area contributed by atoms with Gasteiger partial charge in [-0.05, 0) is 25.2 Å². The molecule has 5 nitrogen and oxygen atoms in total. The molecule has 2 rings (SSSR count). The van der Waals surface area contributed by atoms with Crippen LogP contribution in [0.5, 0.6) is 0 Å². The Hall–Kier alpha value is -1.26. The summed E-state index contributed by atoms with van der Waals surface area (Å²) in [5.41, 5.74) is 0. The highest BCUT2D eigenvalue weighted by Gasteiger charge is 2.32. The normalized spacial score (nSPS) is 19.6. The molecule has 2 aliphatic carbocycles. The number of urea groups is 1. The van der Waals surface area contributed by atoms with Crippen LogP contribution in [0.15, 0.2) is 0 Å². The van der Waals surface area contributed by atoms with E-state index >= 15 is 0 Å².